The number of hydrogen-bond donors (Lipinski definition) is 2. The molecule has 4 nitrogen and oxygen atoms in total. The first-order chi connectivity index (χ1) is 7.38. The fourth-order valence-electron chi connectivity index (χ4n) is 1.55. The highest BCUT2D eigenvalue weighted by molar-refractivity contribution is 9.12. The van der Waals surface area contributed by atoms with Crippen LogP contribution in [0, 0.1) is 0 Å². The largest absolute Gasteiger partial charge is 0.328 e. The molecule has 0 amide bonds. The normalized spacial score (nSPS) is 25.4. The molecule has 0 saturated heterocycles. The van der Waals surface area contributed by atoms with Gasteiger partial charge in [0.1, 0.15) is 4.90 Å². The molecule has 1 aliphatic rings. The summed E-state index contributed by atoms with van der Waals surface area (Å²) in [6.45, 7) is 0. The Kier molecular flexibility index (Phi) is 3.78. The number of sulfonamides is 1. The lowest BCUT2D eigenvalue weighted by molar-refractivity contribution is 0.327. The highest BCUT2D eigenvalue weighted by Gasteiger charge is 2.31. The maximum absolute atomic E-state index is 12.0. The van der Waals surface area contributed by atoms with Gasteiger partial charge in [0.05, 0.1) is 7.57 Å². The van der Waals surface area contributed by atoms with E-state index >= 15 is 0 Å². The number of halogens is 2. The van der Waals surface area contributed by atoms with Crippen LogP contribution in [0.15, 0.2) is 18.5 Å². The van der Waals surface area contributed by atoms with Crippen molar-refractivity contribution < 1.29 is 8.42 Å². The van der Waals surface area contributed by atoms with Gasteiger partial charge in [-0.25, -0.2) is 13.1 Å². The standard InChI is InChI=1S/C8H10Br2N2O2S2/c9-7-3-6(8(10)15-7)16(13,14)12-5-1-4(11)2-5/h3-5,12H,1-2,11H2. The molecule has 90 valence electrons. The Morgan fingerprint density at radius 1 is 1.44 bits per heavy atom. The summed E-state index contributed by atoms with van der Waals surface area (Å²) in [5, 5.41) is 0. The van der Waals surface area contributed by atoms with Crippen LogP contribution in [0.2, 0.25) is 0 Å². The molecule has 1 aliphatic carbocycles. The highest BCUT2D eigenvalue weighted by atomic mass is 79.9. The van der Waals surface area contributed by atoms with E-state index in [1.807, 2.05) is 0 Å². The Morgan fingerprint density at radius 3 is 2.50 bits per heavy atom. The van der Waals surface area contributed by atoms with Crippen molar-refractivity contribution >= 4 is 53.2 Å². The van der Waals surface area contributed by atoms with Crippen molar-refractivity contribution in [1.29, 1.82) is 0 Å². The van der Waals surface area contributed by atoms with Gasteiger partial charge in [-0.1, -0.05) is 0 Å². The molecule has 8 heteroatoms. The summed E-state index contributed by atoms with van der Waals surface area (Å²) in [5.74, 6) is 0. The molecule has 0 aromatic carbocycles. The van der Waals surface area contributed by atoms with Crippen LogP contribution in [-0.2, 0) is 10.0 Å². The van der Waals surface area contributed by atoms with Gasteiger partial charge < -0.3 is 5.73 Å². The lowest BCUT2D eigenvalue weighted by Crippen LogP contribution is -2.50. The number of rotatable bonds is 3. The first-order valence-electron chi connectivity index (χ1n) is 4.61. The summed E-state index contributed by atoms with van der Waals surface area (Å²) in [6, 6.07) is 1.70. The van der Waals surface area contributed by atoms with E-state index in [2.05, 4.69) is 36.6 Å². The number of thiophene rings is 1. The molecule has 0 unspecified atom stereocenters. The lowest BCUT2D eigenvalue weighted by Gasteiger charge is -2.32. The smallest absolute Gasteiger partial charge is 0.242 e. The zero-order valence-electron chi connectivity index (χ0n) is 8.11. The summed E-state index contributed by atoms with van der Waals surface area (Å²) in [5.41, 5.74) is 5.61. The fourth-order valence-corrected chi connectivity index (χ4v) is 6.62. The first kappa shape index (κ1) is 13.0. The zero-order chi connectivity index (χ0) is 11.9. The highest BCUT2D eigenvalue weighted by Crippen LogP contribution is 2.35. The zero-order valence-corrected chi connectivity index (χ0v) is 12.9. The van der Waals surface area contributed by atoms with Crippen LogP contribution >= 0.6 is 43.2 Å². The van der Waals surface area contributed by atoms with Gasteiger partial charge in [-0.3, -0.25) is 0 Å². The molecule has 0 bridgehead atoms. The summed E-state index contributed by atoms with van der Waals surface area (Å²) in [4.78, 5) is 0.282. The Labute approximate surface area is 115 Å². The predicted octanol–water partition coefficient (Wildman–Crippen LogP) is 2.04. The third-order valence-electron chi connectivity index (χ3n) is 2.41. The Bertz CT molecular complexity index is 494. The minimum atomic E-state index is -3.43. The SMILES string of the molecule is NC1CC(NS(=O)(=O)c2cc(Br)sc2Br)C1. The molecule has 0 radical (unpaired) electrons. The van der Waals surface area contributed by atoms with Crippen molar-refractivity contribution in [3.8, 4) is 0 Å². The van der Waals surface area contributed by atoms with Crippen molar-refractivity contribution in [2.45, 2.75) is 29.8 Å². The van der Waals surface area contributed by atoms with E-state index in [-0.39, 0.29) is 17.0 Å². The maximum atomic E-state index is 12.0. The van der Waals surface area contributed by atoms with E-state index in [0.717, 1.165) is 3.79 Å². The molecule has 1 saturated carbocycles. The Balaban J connectivity index is 2.16. The van der Waals surface area contributed by atoms with Crippen molar-refractivity contribution in [3.63, 3.8) is 0 Å². The molecular formula is C8H10Br2N2O2S2. The van der Waals surface area contributed by atoms with Crippen LogP contribution in [0.4, 0.5) is 0 Å². The molecule has 1 fully saturated rings. The van der Waals surface area contributed by atoms with E-state index in [1.165, 1.54) is 11.3 Å². The minimum Gasteiger partial charge on any atom is -0.328 e. The van der Waals surface area contributed by atoms with Crippen LogP contribution in [0.3, 0.4) is 0 Å². The van der Waals surface area contributed by atoms with E-state index in [9.17, 15) is 8.42 Å². The van der Waals surface area contributed by atoms with Gasteiger partial charge in [0.25, 0.3) is 0 Å². The molecule has 1 aromatic rings. The summed E-state index contributed by atoms with van der Waals surface area (Å²) in [7, 11) is -3.43. The van der Waals surface area contributed by atoms with Crippen LogP contribution < -0.4 is 10.5 Å². The monoisotopic (exact) mass is 388 g/mol. The lowest BCUT2D eigenvalue weighted by atomic mass is 9.89. The second-order valence-corrected chi connectivity index (χ2v) is 9.17. The minimum absolute atomic E-state index is 0.0226. The van der Waals surface area contributed by atoms with E-state index < -0.39 is 10.0 Å². The van der Waals surface area contributed by atoms with Crippen LogP contribution in [0.5, 0.6) is 0 Å². The van der Waals surface area contributed by atoms with E-state index in [1.54, 1.807) is 6.07 Å². The molecule has 0 aliphatic heterocycles. The Morgan fingerprint density at radius 2 is 2.06 bits per heavy atom. The third-order valence-corrected chi connectivity index (χ3v) is 6.69. The second-order valence-electron chi connectivity index (χ2n) is 3.74. The quantitative estimate of drug-likeness (QED) is 0.830. The maximum Gasteiger partial charge on any atom is 0.242 e. The number of nitrogens with two attached hydrogens (primary N) is 1. The molecule has 2 rings (SSSR count). The van der Waals surface area contributed by atoms with Gasteiger partial charge in [0.2, 0.25) is 10.0 Å². The molecule has 1 aromatic heterocycles. The summed E-state index contributed by atoms with van der Waals surface area (Å²) >= 11 is 7.84. The first-order valence-corrected chi connectivity index (χ1v) is 8.50. The van der Waals surface area contributed by atoms with Gasteiger partial charge in [0.15, 0.2) is 0 Å². The average molecular weight is 390 g/mol. The van der Waals surface area contributed by atoms with E-state index in [0.29, 0.717) is 16.6 Å². The molecular weight excluding hydrogens is 380 g/mol. The summed E-state index contributed by atoms with van der Waals surface area (Å²) < 4.78 is 28.0. The third kappa shape index (κ3) is 2.68. The molecule has 16 heavy (non-hydrogen) atoms. The van der Waals surface area contributed by atoms with Crippen molar-refractivity contribution in [1.82, 2.24) is 4.72 Å². The van der Waals surface area contributed by atoms with Crippen molar-refractivity contribution in [2.75, 3.05) is 0 Å². The van der Waals surface area contributed by atoms with Gasteiger partial charge in [-0.05, 0) is 50.8 Å². The van der Waals surface area contributed by atoms with Crippen molar-refractivity contribution in [3.05, 3.63) is 13.6 Å². The second kappa shape index (κ2) is 4.66. The predicted molar refractivity (Wildman–Crippen MR) is 71.0 cm³/mol. The van der Waals surface area contributed by atoms with E-state index in [4.69, 9.17) is 5.73 Å². The molecule has 3 N–H and O–H groups in total. The van der Waals surface area contributed by atoms with Gasteiger partial charge in [-0.2, -0.15) is 0 Å². The van der Waals surface area contributed by atoms with Gasteiger partial charge in [0, 0.05) is 12.1 Å². The average Bonchev–Trinajstić information content (AvgIpc) is 2.43. The Hall–Kier alpha value is 0.530. The molecule has 0 spiro atoms. The fraction of sp³-hybridized carbons (Fsp3) is 0.500. The van der Waals surface area contributed by atoms with Crippen LogP contribution in [0.1, 0.15) is 12.8 Å². The van der Waals surface area contributed by atoms with Crippen LogP contribution in [-0.4, -0.2) is 20.5 Å². The number of nitrogens with one attached hydrogen (secondary N) is 1. The van der Waals surface area contributed by atoms with Gasteiger partial charge in [-0.15, -0.1) is 11.3 Å². The molecule has 0 atom stereocenters. The van der Waals surface area contributed by atoms with Crippen molar-refractivity contribution in [2.24, 2.45) is 5.73 Å². The topological polar surface area (TPSA) is 72.2 Å². The van der Waals surface area contributed by atoms with Crippen LogP contribution in [0.25, 0.3) is 0 Å². The summed E-state index contributed by atoms with van der Waals surface area (Å²) in [6.07, 6.45) is 1.42. The number of hydrogen-bond acceptors (Lipinski definition) is 4. The van der Waals surface area contributed by atoms with Gasteiger partial charge >= 0.3 is 0 Å². The molecule has 1 heterocycles.